The Hall–Kier alpha value is 0.439. The fourth-order valence-electron chi connectivity index (χ4n) is 0.362. The molecule has 0 unspecified atom stereocenters. The van der Waals surface area contributed by atoms with Crippen molar-refractivity contribution in [1.82, 2.24) is 0 Å². The van der Waals surface area contributed by atoms with Crippen LogP contribution in [0.15, 0.2) is 0 Å². The van der Waals surface area contributed by atoms with Gasteiger partial charge in [-0.2, -0.15) is 13.8 Å². The smallest absolute Gasteiger partial charge is 0.412 e. The molecule has 0 saturated heterocycles. The summed E-state index contributed by atoms with van der Waals surface area (Å²) in [6, 6.07) is 0. The summed E-state index contributed by atoms with van der Waals surface area (Å²) in [5.41, 5.74) is 0. The molecule has 83 valence electrons. The number of unbranched alkanes of at least 4 members (excludes halogenated alkanes) is 2. The molecule has 0 heterocycles. The van der Waals surface area contributed by atoms with E-state index in [1.54, 1.807) is 13.8 Å². The molecular weight excluding hydrogens is 204 g/mol. The first-order valence-corrected chi connectivity index (χ1v) is 3.94. The van der Waals surface area contributed by atoms with E-state index >= 15 is 0 Å². The maximum absolute atomic E-state index is 8.20. The molecule has 3 heteroatoms. The predicted molar refractivity (Wildman–Crippen MR) is 52.3 cm³/mol. The topological polar surface area (TPSA) is 51.7 Å². The van der Waals surface area contributed by atoms with Gasteiger partial charge in [0.15, 0.2) is 0 Å². The first-order chi connectivity index (χ1) is 4.91. The molecule has 0 fully saturated rings. The summed E-state index contributed by atoms with van der Waals surface area (Å²) in [5, 5.41) is 8.20. The Kier molecular flexibility index (Phi) is 155. The minimum atomic E-state index is 0. The summed E-state index contributed by atoms with van der Waals surface area (Å²) < 4.78 is 0. The molecule has 0 atom stereocenters. The normalized spacial score (nSPS) is 5.50. The van der Waals surface area contributed by atoms with Crippen molar-refractivity contribution in [2.75, 3.05) is 6.61 Å². The Morgan fingerprint density at radius 2 is 1.33 bits per heavy atom. The van der Waals surface area contributed by atoms with Crippen molar-refractivity contribution in [3.8, 4) is 0 Å². The van der Waals surface area contributed by atoms with Crippen molar-refractivity contribution in [2.45, 2.75) is 40.0 Å². The third-order valence-corrected chi connectivity index (χ3v) is 0.762. The van der Waals surface area contributed by atoms with E-state index in [1.165, 1.54) is 6.42 Å². The molecule has 0 aromatic rings. The monoisotopic (exact) mass is 227 g/mol. The van der Waals surface area contributed by atoms with Crippen LogP contribution in [0.4, 0.5) is 0 Å². The minimum Gasteiger partial charge on any atom is -0.412 e. The molecule has 0 bridgehead atoms. The molecule has 2 nitrogen and oxygen atoms in total. The molecule has 0 aromatic carbocycles. The van der Waals surface area contributed by atoms with Crippen LogP contribution in [0.3, 0.4) is 0 Å². The van der Waals surface area contributed by atoms with Crippen LogP contribution in [-0.4, -0.2) is 17.2 Å². The molecular formula is C9H24CuO2. The van der Waals surface area contributed by atoms with Gasteiger partial charge in [-0.3, -0.25) is 0 Å². The SMILES string of the molecule is CCCCCO.O.[CH2-]C.[CH2-]C.[Cu+2]. The minimum absolute atomic E-state index is 0. The zero-order valence-electron chi connectivity index (χ0n) is 8.49. The average Bonchev–Trinajstić information content (AvgIpc) is 2.08. The molecule has 3 N–H and O–H groups in total. The largest absolute Gasteiger partial charge is 2.00 e. The Morgan fingerprint density at radius 1 is 1.00 bits per heavy atom. The van der Waals surface area contributed by atoms with Crippen LogP contribution in [0, 0.1) is 13.8 Å². The Balaban J connectivity index is -0.0000000241. The second-order valence-electron chi connectivity index (χ2n) is 1.43. The van der Waals surface area contributed by atoms with Crippen LogP contribution in [0.5, 0.6) is 0 Å². The van der Waals surface area contributed by atoms with Gasteiger partial charge >= 0.3 is 17.1 Å². The second-order valence-corrected chi connectivity index (χ2v) is 1.43. The van der Waals surface area contributed by atoms with Gasteiger partial charge in [-0.15, -0.1) is 0 Å². The number of rotatable bonds is 3. The zero-order chi connectivity index (χ0) is 8.83. The van der Waals surface area contributed by atoms with Crippen LogP contribution in [0.1, 0.15) is 40.0 Å². The number of aliphatic hydroxyl groups excluding tert-OH is 1. The quantitative estimate of drug-likeness (QED) is 0.448. The summed E-state index contributed by atoms with van der Waals surface area (Å²) in [5.74, 6) is 0. The van der Waals surface area contributed by atoms with Gasteiger partial charge in [-0.05, 0) is 6.42 Å². The fraction of sp³-hybridized carbons (Fsp3) is 0.778. The first-order valence-electron chi connectivity index (χ1n) is 3.94. The van der Waals surface area contributed by atoms with Gasteiger partial charge < -0.3 is 24.4 Å². The van der Waals surface area contributed by atoms with E-state index < -0.39 is 0 Å². The number of hydrogen-bond acceptors (Lipinski definition) is 1. The third kappa shape index (κ3) is 78.6. The first kappa shape index (κ1) is 29.4. The van der Waals surface area contributed by atoms with Gasteiger partial charge in [-0.1, -0.05) is 19.8 Å². The van der Waals surface area contributed by atoms with Crippen molar-refractivity contribution in [3.05, 3.63) is 13.8 Å². The number of hydrogen-bond donors (Lipinski definition) is 1. The van der Waals surface area contributed by atoms with E-state index in [0.717, 1.165) is 12.8 Å². The fourth-order valence-corrected chi connectivity index (χ4v) is 0.362. The van der Waals surface area contributed by atoms with E-state index in [1.807, 2.05) is 0 Å². The molecule has 12 heavy (non-hydrogen) atoms. The molecule has 0 amide bonds. The molecule has 0 rings (SSSR count). The van der Waals surface area contributed by atoms with Crippen molar-refractivity contribution < 1.29 is 27.7 Å². The zero-order valence-corrected chi connectivity index (χ0v) is 9.43. The Bertz CT molecular complexity index is 24.5. The molecule has 0 saturated carbocycles. The van der Waals surface area contributed by atoms with Crippen molar-refractivity contribution in [2.24, 2.45) is 0 Å². The van der Waals surface area contributed by atoms with Crippen molar-refractivity contribution >= 4 is 0 Å². The number of aliphatic hydroxyl groups is 1. The van der Waals surface area contributed by atoms with Crippen LogP contribution in [-0.2, 0) is 17.1 Å². The standard InChI is InChI=1S/C5H12O.2C2H5.Cu.H2O/c1-2-3-4-5-6;2*1-2;;/h6H,2-5H2,1H3;2*1H2,2H3;;1H2/q;2*-1;+2;. The van der Waals surface area contributed by atoms with E-state index in [-0.39, 0.29) is 22.5 Å². The summed E-state index contributed by atoms with van der Waals surface area (Å²) >= 11 is 0. The van der Waals surface area contributed by atoms with Gasteiger partial charge in [0, 0.05) is 6.61 Å². The Labute approximate surface area is 88.5 Å². The summed E-state index contributed by atoms with van der Waals surface area (Å²) in [6.45, 7) is 12.5. The molecule has 0 aliphatic rings. The van der Waals surface area contributed by atoms with E-state index in [2.05, 4.69) is 20.8 Å². The third-order valence-electron chi connectivity index (χ3n) is 0.762. The summed E-state index contributed by atoms with van der Waals surface area (Å²) in [7, 11) is 0. The van der Waals surface area contributed by atoms with Gasteiger partial charge in [0.2, 0.25) is 0 Å². The van der Waals surface area contributed by atoms with Crippen molar-refractivity contribution in [1.29, 1.82) is 0 Å². The van der Waals surface area contributed by atoms with Gasteiger partial charge in [0.25, 0.3) is 0 Å². The van der Waals surface area contributed by atoms with Crippen LogP contribution >= 0.6 is 0 Å². The van der Waals surface area contributed by atoms with E-state index in [4.69, 9.17) is 5.11 Å². The van der Waals surface area contributed by atoms with Crippen LogP contribution < -0.4 is 0 Å². The Morgan fingerprint density at radius 3 is 1.42 bits per heavy atom. The van der Waals surface area contributed by atoms with Gasteiger partial charge in [0.1, 0.15) is 0 Å². The maximum atomic E-state index is 8.20. The maximum Gasteiger partial charge on any atom is 2.00 e. The molecule has 0 aliphatic heterocycles. The van der Waals surface area contributed by atoms with E-state index in [9.17, 15) is 0 Å². The summed E-state index contributed by atoms with van der Waals surface area (Å²) in [4.78, 5) is 0. The van der Waals surface area contributed by atoms with Crippen LogP contribution in [0.2, 0.25) is 0 Å². The van der Waals surface area contributed by atoms with Crippen molar-refractivity contribution in [3.63, 3.8) is 0 Å². The molecule has 0 aromatic heterocycles. The van der Waals surface area contributed by atoms with Gasteiger partial charge in [0.05, 0.1) is 0 Å². The summed E-state index contributed by atoms with van der Waals surface area (Å²) in [6.07, 6.45) is 3.33. The predicted octanol–water partition coefficient (Wildman–Crippen LogP) is 2.02. The average molecular weight is 228 g/mol. The molecule has 0 spiro atoms. The van der Waals surface area contributed by atoms with Gasteiger partial charge in [-0.25, -0.2) is 0 Å². The van der Waals surface area contributed by atoms with E-state index in [0.29, 0.717) is 6.61 Å². The molecule has 0 aliphatic carbocycles. The second kappa shape index (κ2) is 63.3. The van der Waals surface area contributed by atoms with Crippen LogP contribution in [0.25, 0.3) is 0 Å². The molecule has 1 radical (unpaired) electrons.